The van der Waals surface area contributed by atoms with Crippen molar-refractivity contribution < 1.29 is 9.13 Å². The van der Waals surface area contributed by atoms with E-state index in [9.17, 15) is 4.39 Å². The van der Waals surface area contributed by atoms with Crippen LogP contribution in [0.3, 0.4) is 0 Å². The second-order valence-electron chi connectivity index (χ2n) is 2.67. The Balaban J connectivity index is 2.91. The van der Waals surface area contributed by atoms with E-state index < -0.39 is 5.82 Å². The van der Waals surface area contributed by atoms with Gasteiger partial charge in [-0.2, -0.15) is 0 Å². The monoisotopic (exact) mass is 200 g/mol. The molecule has 1 aromatic rings. The average Bonchev–Trinajstić information content (AvgIpc) is 2.19. The molecule has 0 unspecified atom stereocenters. The van der Waals surface area contributed by atoms with Gasteiger partial charge in [-0.15, -0.1) is 0 Å². The van der Waals surface area contributed by atoms with Crippen LogP contribution in [-0.4, -0.2) is 16.6 Å². The standard InChI is InChI=1S/C8H13FN4O/c1-3-14-4-6-11-5(2)7(9)8(12-6)13-10/h3-4,10H2,1-2H3,(H,11,12,13). The van der Waals surface area contributed by atoms with Gasteiger partial charge in [-0.25, -0.2) is 20.2 Å². The minimum atomic E-state index is -0.534. The Morgan fingerprint density at radius 3 is 2.79 bits per heavy atom. The fraction of sp³-hybridized carbons (Fsp3) is 0.500. The zero-order valence-electron chi connectivity index (χ0n) is 8.17. The van der Waals surface area contributed by atoms with Gasteiger partial charge in [0.05, 0.1) is 5.69 Å². The van der Waals surface area contributed by atoms with Gasteiger partial charge in [0.25, 0.3) is 0 Å². The molecule has 0 atom stereocenters. The van der Waals surface area contributed by atoms with E-state index in [1.54, 1.807) is 6.92 Å². The van der Waals surface area contributed by atoms with E-state index in [0.29, 0.717) is 12.4 Å². The van der Waals surface area contributed by atoms with Crippen LogP contribution in [0, 0.1) is 12.7 Å². The highest BCUT2D eigenvalue weighted by molar-refractivity contribution is 5.36. The Morgan fingerprint density at radius 2 is 2.21 bits per heavy atom. The maximum Gasteiger partial charge on any atom is 0.187 e. The maximum atomic E-state index is 13.2. The second-order valence-corrected chi connectivity index (χ2v) is 2.67. The first-order chi connectivity index (χ1) is 6.69. The highest BCUT2D eigenvalue weighted by Crippen LogP contribution is 2.12. The number of anilines is 1. The number of ether oxygens (including phenoxy) is 1. The summed E-state index contributed by atoms with van der Waals surface area (Å²) >= 11 is 0. The topological polar surface area (TPSA) is 73.1 Å². The highest BCUT2D eigenvalue weighted by atomic mass is 19.1. The lowest BCUT2D eigenvalue weighted by Gasteiger charge is -2.06. The van der Waals surface area contributed by atoms with Crippen molar-refractivity contribution >= 4 is 5.82 Å². The summed E-state index contributed by atoms with van der Waals surface area (Å²) in [6.07, 6.45) is 0. The average molecular weight is 200 g/mol. The molecular weight excluding hydrogens is 187 g/mol. The Morgan fingerprint density at radius 1 is 1.50 bits per heavy atom. The van der Waals surface area contributed by atoms with Gasteiger partial charge in [0.2, 0.25) is 0 Å². The number of hydrogen-bond acceptors (Lipinski definition) is 5. The van der Waals surface area contributed by atoms with Crippen LogP contribution >= 0.6 is 0 Å². The van der Waals surface area contributed by atoms with E-state index >= 15 is 0 Å². The van der Waals surface area contributed by atoms with E-state index in [2.05, 4.69) is 15.4 Å². The van der Waals surface area contributed by atoms with Gasteiger partial charge in [0, 0.05) is 6.61 Å². The third-order valence-corrected chi connectivity index (χ3v) is 1.64. The number of aryl methyl sites for hydroxylation is 1. The summed E-state index contributed by atoms with van der Waals surface area (Å²) in [4.78, 5) is 7.75. The minimum absolute atomic E-state index is 0.00722. The Kier molecular flexibility index (Phi) is 3.73. The summed E-state index contributed by atoms with van der Waals surface area (Å²) in [7, 11) is 0. The molecule has 1 heterocycles. The normalized spacial score (nSPS) is 10.3. The van der Waals surface area contributed by atoms with Crippen molar-refractivity contribution in [1.82, 2.24) is 9.97 Å². The fourth-order valence-corrected chi connectivity index (χ4v) is 0.971. The number of nitrogens with two attached hydrogens (primary N) is 1. The minimum Gasteiger partial charge on any atom is -0.374 e. The number of aromatic nitrogens is 2. The Bertz CT molecular complexity index is 318. The van der Waals surface area contributed by atoms with E-state index in [4.69, 9.17) is 10.6 Å². The van der Waals surface area contributed by atoms with Crippen molar-refractivity contribution in [3.63, 3.8) is 0 Å². The van der Waals surface area contributed by atoms with Gasteiger partial charge in [-0.05, 0) is 13.8 Å². The van der Waals surface area contributed by atoms with Crippen molar-refractivity contribution in [3.05, 3.63) is 17.3 Å². The van der Waals surface area contributed by atoms with Crippen LogP contribution in [0.4, 0.5) is 10.2 Å². The van der Waals surface area contributed by atoms with Crippen LogP contribution in [0.25, 0.3) is 0 Å². The SMILES string of the molecule is CCOCc1nc(C)c(F)c(NN)n1. The van der Waals surface area contributed by atoms with Gasteiger partial charge >= 0.3 is 0 Å². The van der Waals surface area contributed by atoms with Crippen LogP contribution in [0.2, 0.25) is 0 Å². The molecule has 0 aliphatic carbocycles. The summed E-state index contributed by atoms with van der Waals surface area (Å²) in [5.41, 5.74) is 2.42. The van der Waals surface area contributed by atoms with Crippen LogP contribution < -0.4 is 11.3 Å². The van der Waals surface area contributed by atoms with E-state index in [-0.39, 0.29) is 18.1 Å². The molecule has 1 aromatic heterocycles. The molecule has 0 fully saturated rings. The number of nitrogens with zero attached hydrogens (tertiary/aromatic N) is 2. The first-order valence-electron chi connectivity index (χ1n) is 4.26. The molecule has 0 aliphatic rings. The van der Waals surface area contributed by atoms with E-state index in [1.165, 1.54) is 0 Å². The molecule has 0 aliphatic heterocycles. The van der Waals surface area contributed by atoms with Gasteiger partial charge in [-0.3, -0.25) is 0 Å². The summed E-state index contributed by atoms with van der Waals surface area (Å²) < 4.78 is 18.3. The molecular formula is C8H13FN4O. The predicted octanol–water partition coefficient (Wildman–Crippen LogP) is 0.746. The largest absolute Gasteiger partial charge is 0.374 e. The fourth-order valence-electron chi connectivity index (χ4n) is 0.971. The van der Waals surface area contributed by atoms with Crippen molar-refractivity contribution in [3.8, 4) is 0 Å². The summed E-state index contributed by atoms with van der Waals surface area (Å²) in [6.45, 7) is 4.23. The summed E-state index contributed by atoms with van der Waals surface area (Å²) in [5, 5.41) is 0. The second kappa shape index (κ2) is 4.83. The zero-order chi connectivity index (χ0) is 10.6. The highest BCUT2D eigenvalue weighted by Gasteiger charge is 2.09. The van der Waals surface area contributed by atoms with Crippen molar-refractivity contribution in [2.24, 2.45) is 5.84 Å². The van der Waals surface area contributed by atoms with Crippen molar-refractivity contribution in [2.45, 2.75) is 20.5 Å². The third-order valence-electron chi connectivity index (χ3n) is 1.64. The predicted molar refractivity (Wildman–Crippen MR) is 49.9 cm³/mol. The molecule has 6 heteroatoms. The lowest BCUT2D eigenvalue weighted by molar-refractivity contribution is 0.128. The van der Waals surface area contributed by atoms with Gasteiger partial charge < -0.3 is 10.2 Å². The molecule has 1 rings (SSSR count). The Labute approximate surface area is 81.5 Å². The smallest absolute Gasteiger partial charge is 0.187 e. The number of halogens is 1. The molecule has 0 saturated carbocycles. The first-order valence-corrected chi connectivity index (χ1v) is 4.26. The van der Waals surface area contributed by atoms with E-state index in [0.717, 1.165) is 0 Å². The summed E-state index contributed by atoms with van der Waals surface area (Å²) in [5.74, 6) is 4.97. The zero-order valence-corrected chi connectivity index (χ0v) is 8.17. The quantitative estimate of drug-likeness (QED) is 0.554. The van der Waals surface area contributed by atoms with Crippen molar-refractivity contribution in [1.29, 1.82) is 0 Å². The molecule has 78 valence electrons. The van der Waals surface area contributed by atoms with Gasteiger partial charge in [0.1, 0.15) is 6.61 Å². The van der Waals surface area contributed by atoms with Crippen molar-refractivity contribution in [2.75, 3.05) is 12.0 Å². The van der Waals surface area contributed by atoms with Crippen LogP contribution in [0.1, 0.15) is 18.4 Å². The molecule has 0 aromatic carbocycles. The van der Waals surface area contributed by atoms with Gasteiger partial charge in [-0.1, -0.05) is 0 Å². The molecule has 0 amide bonds. The molecule has 0 saturated heterocycles. The van der Waals surface area contributed by atoms with Crippen LogP contribution in [-0.2, 0) is 11.3 Å². The van der Waals surface area contributed by atoms with Crippen LogP contribution in [0.5, 0.6) is 0 Å². The summed E-state index contributed by atoms with van der Waals surface area (Å²) in [6, 6.07) is 0. The maximum absolute atomic E-state index is 13.2. The Hall–Kier alpha value is -1.27. The molecule has 5 nitrogen and oxygen atoms in total. The number of rotatable bonds is 4. The molecule has 14 heavy (non-hydrogen) atoms. The molecule has 0 bridgehead atoms. The first kappa shape index (κ1) is 10.8. The number of hydrogen-bond donors (Lipinski definition) is 2. The lowest BCUT2D eigenvalue weighted by Crippen LogP contribution is -2.14. The molecule has 0 radical (unpaired) electrons. The molecule has 3 N–H and O–H groups in total. The van der Waals surface area contributed by atoms with Gasteiger partial charge in [0.15, 0.2) is 17.5 Å². The number of nitrogens with one attached hydrogen (secondary N) is 1. The lowest BCUT2D eigenvalue weighted by atomic mass is 10.4. The molecule has 0 spiro atoms. The number of nitrogen functional groups attached to an aromatic ring is 1. The third kappa shape index (κ3) is 2.36. The number of hydrazine groups is 1. The van der Waals surface area contributed by atoms with Crippen LogP contribution in [0.15, 0.2) is 0 Å². The van der Waals surface area contributed by atoms with E-state index in [1.807, 2.05) is 6.92 Å².